The zero-order valence-electron chi connectivity index (χ0n) is 11.3. The molecule has 0 saturated heterocycles. The van der Waals surface area contributed by atoms with E-state index in [-0.39, 0.29) is 6.04 Å². The minimum absolute atomic E-state index is 0.290. The Morgan fingerprint density at radius 1 is 1.00 bits per heavy atom. The fourth-order valence-corrected chi connectivity index (χ4v) is 7.18. The summed E-state index contributed by atoms with van der Waals surface area (Å²) in [6.07, 6.45) is 9.76. The Labute approximate surface area is 118 Å². The van der Waals surface area contributed by atoms with E-state index in [4.69, 9.17) is 10.7 Å². The van der Waals surface area contributed by atoms with Gasteiger partial charge in [-0.2, -0.15) is 0 Å². The van der Waals surface area contributed by atoms with Crippen LogP contribution in [0.25, 0.3) is 0 Å². The molecule has 2 N–H and O–H groups in total. The third-order valence-electron chi connectivity index (χ3n) is 6.28. The van der Waals surface area contributed by atoms with Crippen LogP contribution in [0.2, 0.25) is 0 Å². The normalized spacial score (nSPS) is 46.8. The van der Waals surface area contributed by atoms with Crippen LogP contribution < -0.4 is 5.73 Å². The summed E-state index contributed by atoms with van der Waals surface area (Å²) in [5.41, 5.74) is 7.55. The van der Waals surface area contributed by atoms with Crippen LogP contribution in [-0.4, -0.2) is 4.98 Å². The molecule has 4 bridgehead atoms. The average molecular weight is 274 g/mol. The Morgan fingerprint density at radius 2 is 1.68 bits per heavy atom. The Hall–Kier alpha value is -0.410. The molecule has 0 aliphatic heterocycles. The second kappa shape index (κ2) is 3.82. The molecule has 1 unspecified atom stereocenters. The smallest absolute Gasteiger partial charge is 0.0968 e. The van der Waals surface area contributed by atoms with E-state index in [2.05, 4.69) is 0 Å². The van der Waals surface area contributed by atoms with Crippen LogP contribution >= 0.6 is 11.3 Å². The van der Waals surface area contributed by atoms with Gasteiger partial charge in [-0.25, -0.2) is 4.98 Å². The summed E-state index contributed by atoms with van der Waals surface area (Å²) in [5, 5.41) is 1.47. The molecule has 1 aromatic heterocycles. The van der Waals surface area contributed by atoms with Gasteiger partial charge in [0.15, 0.2) is 0 Å². The van der Waals surface area contributed by atoms with Crippen molar-refractivity contribution in [2.75, 3.05) is 0 Å². The topological polar surface area (TPSA) is 38.9 Å². The van der Waals surface area contributed by atoms with Gasteiger partial charge in [-0.05, 0) is 68.6 Å². The maximum Gasteiger partial charge on any atom is 0.0968 e. The summed E-state index contributed by atoms with van der Waals surface area (Å²) in [6.45, 7) is 0. The van der Waals surface area contributed by atoms with Crippen molar-refractivity contribution in [3.63, 3.8) is 0 Å². The van der Waals surface area contributed by atoms with E-state index in [9.17, 15) is 0 Å². The molecule has 102 valence electrons. The summed E-state index contributed by atoms with van der Waals surface area (Å²) in [6, 6.07) is 0.290. The SMILES string of the molecule is NC1CCc2nc(C3C4CC5CC(C4)CC3C5)sc21. The van der Waals surface area contributed by atoms with Crippen LogP contribution in [0.4, 0.5) is 0 Å². The van der Waals surface area contributed by atoms with Crippen LogP contribution in [0.5, 0.6) is 0 Å². The van der Waals surface area contributed by atoms with Crippen molar-refractivity contribution in [1.82, 2.24) is 4.98 Å². The number of aromatic nitrogens is 1. The minimum atomic E-state index is 0.290. The van der Waals surface area contributed by atoms with Gasteiger partial charge in [-0.15, -0.1) is 11.3 Å². The number of thiazole rings is 1. The molecule has 1 atom stereocenters. The highest BCUT2D eigenvalue weighted by Gasteiger charge is 2.49. The highest BCUT2D eigenvalue weighted by Crippen LogP contribution is 2.60. The summed E-state index contributed by atoms with van der Waals surface area (Å²) in [5.74, 6) is 4.84. The third-order valence-corrected chi connectivity index (χ3v) is 7.62. The maximum absolute atomic E-state index is 6.20. The molecule has 0 amide bonds. The van der Waals surface area contributed by atoms with Crippen molar-refractivity contribution < 1.29 is 0 Å². The fraction of sp³-hybridized carbons (Fsp3) is 0.812. The quantitative estimate of drug-likeness (QED) is 0.849. The van der Waals surface area contributed by atoms with Crippen molar-refractivity contribution in [3.8, 4) is 0 Å². The molecule has 6 rings (SSSR count). The average Bonchev–Trinajstić information content (AvgIpc) is 2.91. The molecule has 5 aliphatic rings. The first-order valence-electron chi connectivity index (χ1n) is 8.03. The molecule has 0 spiro atoms. The predicted molar refractivity (Wildman–Crippen MR) is 77.1 cm³/mol. The lowest BCUT2D eigenvalue weighted by molar-refractivity contribution is -0.00287. The van der Waals surface area contributed by atoms with E-state index in [1.807, 2.05) is 11.3 Å². The Bertz CT molecular complexity index is 493. The third kappa shape index (κ3) is 1.55. The van der Waals surface area contributed by atoms with Gasteiger partial charge in [0, 0.05) is 16.8 Å². The lowest BCUT2D eigenvalue weighted by atomic mass is 9.52. The predicted octanol–water partition coefficient (Wildman–Crippen LogP) is 3.63. The van der Waals surface area contributed by atoms with E-state index in [0.717, 1.165) is 42.4 Å². The summed E-state index contributed by atoms with van der Waals surface area (Å²) >= 11 is 1.97. The molecule has 2 nitrogen and oxygen atoms in total. The fourth-order valence-electron chi connectivity index (χ4n) is 5.75. The largest absolute Gasteiger partial charge is 0.323 e. The van der Waals surface area contributed by atoms with Gasteiger partial charge in [0.2, 0.25) is 0 Å². The number of hydrogen-bond acceptors (Lipinski definition) is 3. The van der Waals surface area contributed by atoms with E-state index < -0.39 is 0 Å². The Balaban J connectivity index is 1.51. The van der Waals surface area contributed by atoms with Crippen molar-refractivity contribution in [3.05, 3.63) is 15.6 Å². The van der Waals surface area contributed by atoms with Gasteiger partial charge in [0.05, 0.1) is 10.7 Å². The van der Waals surface area contributed by atoms with Crippen LogP contribution in [-0.2, 0) is 6.42 Å². The number of nitrogens with two attached hydrogens (primary N) is 1. The molecule has 1 aromatic rings. The van der Waals surface area contributed by atoms with Gasteiger partial charge in [0.25, 0.3) is 0 Å². The van der Waals surface area contributed by atoms with Crippen molar-refractivity contribution >= 4 is 11.3 Å². The number of fused-ring (bicyclic) bond motifs is 1. The van der Waals surface area contributed by atoms with Crippen molar-refractivity contribution in [1.29, 1.82) is 0 Å². The number of rotatable bonds is 1. The van der Waals surface area contributed by atoms with E-state index in [1.54, 1.807) is 6.42 Å². The molecular weight excluding hydrogens is 252 g/mol. The Morgan fingerprint density at radius 3 is 2.32 bits per heavy atom. The van der Waals surface area contributed by atoms with Gasteiger partial charge in [-0.3, -0.25) is 0 Å². The molecule has 3 heteroatoms. The maximum atomic E-state index is 6.20. The first-order chi connectivity index (χ1) is 9.28. The van der Waals surface area contributed by atoms with Crippen LogP contribution in [0.3, 0.4) is 0 Å². The van der Waals surface area contributed by atoms with Crippen molar-refractivity contribution in [2.24, 2.45) is 29.4 Å². The van der Waals surface area contributed by atoms with E-state index in [0.29, 0.717) is 0 Å². The monoisotopic (exact) mass is 274 g/mol. The zero-order chi connectivity index (χ0) is 12.6. The number of hydrogen-bond donors (Lipinski definition) is 1. The highest BCUT2D eigenvalue weighted by atomic mass is 32.1. The molecular formula is C16H22N2S. The minimum Gasteiger partial charge on any atom is -0.323 e. The summed E-state index contributed by atoms with van der Waals surface area (Å²) < 4.78 is 0. The first kappa shape index (κ1) is 11.3. The van der Waals surface area contributed by atoms with Crippen LogP contribution in [0.1, 0.15) is 66.1 Å². The number of nitrogens with zero attached hydrogens (tertiary/aromatic N) is 1. The lowest BCUT2D eigenvalue weighted by Gasteiger charge is -2.53. The summed E-state index contributed by atoms with van der Waals surface area (Å²) in [7, 11) is 0. The van der Waals surface area contributed by atoms with Gasteiger partial charge in [-0.1, -0.05) is 0 Å². The van der Waals surface area contributed by atoms with Gasteiger partial charge >= 0.3 is 0 Å². The molecule has 5 aliphatic carbocycles. The second-order valence-electron chi connectivity index (χ2n) is 7.46. The molecule has 0 aromatic carbocycles. The lowest BCUT2D eigenvalue weighted by Crippen LogP contribution is -2.43. The summed E-state index contributed by atoms with van der Waals surface area (Å²) in [4.78, 5) is 6.45. The zero-order valence-corrected chi connectivity index (χ0v) is 12.2. The Kier molecular flexibility index (Phi) is 2.27. The van der Waals surface area contributed by atoms with Gasteiger partial charge in [0.1, 0.15) is 0 Å². The first-order valence-corrected chi connectivity index (χ1v) is 8.84. The van der Waals surface area contributed by atoms with E-state index >= 15 is 0 Å². The van der Waals surface area contributed by atoms with Gasteiger partial charge < -0.3 is 5.73 Å². The number of aryl methyl sites for hydroxylation is 1. The van der Waals surface area contributed by atoms with E-state index in [1.165, 1.54) is 41.3 Å². The molecule has 0 radical (unpaired) electrons. The molecule has 4 fully saturated rings. The van der Waals surface area contributed by atoms with Crippen LogP contribution in [0.15, 0.2) is 0 Å². The molecule has 19 heavy (non-hydrogen) atoms. The second-order valence-corrected chi connectivity index (χ2v) is 8.53. The van der Waals surface area contributed by atoms with Crippen LogP contribution in [0, 0.1) is 23.7 Å². The molecule has 4 saturated carbocycles. The molecule has 1 heterocycles. The van der Waals surface area contributed by atoms with Crippen molar-refractivity contribution in [2.45, 2.75) is 56.9 Å². The highest BCUT2D eigenvalue weighted by molar-refractivity contribution is 7.12. The standard InChI is InChI=1S/C16H22N2S/c17-12-1-2-13-15(12)19-16(18-13)14-10-4-8-3-9(6-10)7-11(14)5-8/h8-12,14H,1-7,17H2.